The summed E-state index contributed by atoms with van der Waals surface area (Å²) in [4.78, 5) is 2.34. The summed E-state index contributed by atoms with van der Waals surface area (Å²) < 4.78 is 37.9. The summed E-state index contributed by atoms with van der Waals surface area (Å²) in [5, 5.41) is 0. The first-order valence-electron chi connectivity index (χ1n) is 6.74. The topological polar surface area (TPSA) is 67.9 Å². The molecule has 1 N–H and O–H groups in total. The van der Waals surface area contributed by atoms with Crippen molar-refractivity contribution in [3.8, 4) is 11.5 Å². The maximum Gasteiger partial charge on any atom is 0.242 e. The Bertz CT molecular complexity index is 609. The summed E-state index contributed by atoms with van der Waals surface area (Å²) in [5.74, 6) is 1.11. The number of fused-ring (bicyclic) bond motifs is 1. The molecule has 1 aromatic carbocycles. The van der Waals surface area contributed by atoms with E-state index in [4.69, 9.17) is 9.47 Å². The summed E-state index contributed by atoms with van der Waals surface area (Å²) in [6, 6.07) is 3.35. The standard InChI is InChI=1S/C13H18N2O4S/c1-14-20(16,17)13-9-12-11(18-6-7-19-12)8-10(13)15-4-2-3-5-15/h8-9,14H,2-7H2,1H3. The van der Waals surface area contributed by atoms with Gasteiger partial charge in [0.2, 0.25) is 10.0 Å². The number of benzene rings is 1. The van der Waals surface area contributed by atoms with Crippen LogP contribution in [0.4, 0.5) is 5.69 Å². The van der Waals surface area contributed by atoms with Crippen LogP contribution in [0, 0.1) is 0 Å². The molecule has 1 aromatic rings. The molecule has 6 nitrogen and oxygen atoms in total. The first-order chi connectivity index (χ1) is 9.62. The van der Waals surface area contributed by atoms with Gasteiger partial charge in [-0.3, -0.25) is 0 Å². The number of hydrogen-bond acceptors (Lipinski definition) is 5. The fraction of sp³-hybridized carbons (Fsp3) is 0.538. The molecule has 1 saturated heterocycles. The van der Waals surface area contributed by atoms with E-state index in [1.807, 2.05) is 0 Å². The number of nitrogens with zero attached hydrogens (tertiary/aromatic N) is 1. The van der Waals surface area contributed by atoms with Crippen LogP contribution in [0.15, 0.2) is 17.0 Å². The predicted molar refractivity (Wildman–Crippen MR) is 75.1 cm³/mol. The summed E-state index contributed by atoms with van der Waals surface area (Å²) in [6.45, 7) is 2.66. The molecule has 0 aliphatic carbocycles. The molecule has 1 fully saturated rings. The van der Waals surface area contributed by atoms with Crippen LogP contribution in [0.2, 0.25) is 0 Å². The van der Waals surface area contributed by atoms with Gasteiger partial charge in [-0.1, -0.05) is 0 Å². The Kier molecular flexibility index (Phi) is 3.47. The highest BCUT2D eigenvalue weighted by atomic mass is 32.2. The number of rotatable bonds is 3. The molecule has 2 heterocycles. The Balaban J connectivity index is 2.14. The van der Waals surface area contributed by atoms with Gasteiger partial charge in [-0.25, -0.2) is 13.1 Å². The lowest BCUT2D eigenvalue weighted by Crippen LogP contribution is -2.26. The van der Waals surface area contributed by atoms with Crippen LogP contribution in [-0.2, 0) is 10.0 Å². The van der Waals surface area contributed by atoms with Crippen molar-refractivity contribution in [2.45, 2.75) is 17.7 Å². The third-order valence-electron chi connectivity index (χ3n) is 3.63. The average Bonchev–Trinajstić information content (AvgIpc) is 3.00. The highest BCUT2D eigenvalue weighted by molar-refractivity contribution is 7.89. The lowest BCUT2D eigenvalue weighted by Gasteiger charge is -2.25. The zero-order valence-electron chi connectivity index (χ0n) is 11.4. The van der Waals surface area contributed by atoms with Crippen molar-refractivity contribution >= 4 is 15.7 Å². The lowest BCUT2D eigenvalue weighted by molar-refractivity contribution is 0.171. The van der Waals surface area contributed by atoms with Crippen molar-refractivity contribution in [2.75, 3.05) is 38.3 Å². The molecule has 3 rings (SSSR count). The van der Waals surface area contributed by atoms with E-state index in [1.165, 1.54) is 7.05 Å². The number of nitrogens with one attached hydrogen (secondary N) is 1. The van der Waals surface area contributed by atoms with Crippen LogP contribution < -0.4 is 19.1 Å². The smallest absolute Gasteiger partial charge is 0.242 e. The minimum absolute atomic E-state index is 0.256. The molecule has 20 heavy (non-hydrogen) atoms. The minimum atomic E-state index is -3.53. The molecular weight excluding hydrogens is 280 g/mol. The molecule has 110 valence electrons. The fourth-order valence-corrected chi connectivity index (χ4v) is 3.54. The predicted octanol–water partition coefficient (Wildman–Crippen LogP) is 0.966. The molecule has 0 saturated carbocycles. The molecule has 0 bridgehead atoms. The van der Waals surface area contributed by atoms with E-state index in [2.05, 4.69) is 9.62 Å². The Labute approximate surface area is 118 Å². The van der Waals surface area contributed by atoms with Crippen LogP contribution in [0.1, 0.15) is 12.8 Å². The van der Waals surface area contributed by atoms with Crippen molar-refractivity contribution in [2.24, 2.45) is 0 Å². The van der Waals surface area contributed by atoms with Gasteiger partial charge in [0, 0.05) is 25.2 Å². The molecule has 0 aromatic heterocycles. The number of sulfonamides is 1. The van der Waals surface area contributed by atoms with Crippen molar-refractivity contribution in [1.82, 2.24) is 4.72 Å². The number of hydrogen-bond donors (Lipinski definition) is 1. The van der Waals surface area contributed by atoms with Gasteiger partial charge in [0.15, 0.2) is 11.5 Å². The summed E-state index contributed by atoms with van der Waals surface area (Å²) >= 11 is 0. The van der Waals surface area contributed by atoms with E-state index < -0.39 is 10.0 Å². The third kappa shape index (κ3) is 2.31. The van der Waals surface area contributed by atoms with E-state index in [1.54, 1.807) is 12.1 Å². The van der Waals surface area contributed by atoms with Gasteiger partial charge >= 0.3 is 0 Å². The molecule has 7 heteroatoms. The van der Waals surface area contributed by atoms with Gasteiger partial charge in [-0.05, 0) is 19.9 Å². The number of anilines is 1. The van der Waals surface area contributed by atoms with Crippen LogP contribution in [0.5, 0.6) is 11.5 Å². The van der Waals surface area contributed by atoms with Crippen molar-refractivity contribution in [1.29, 1.82) is 0 Å². The van der Waals surface area contributed by atoms with E-state index in [9.17, 15) is 8.42 Å². The fourth-order valence-electron chi connectivity index (χ4n) is 2.59. The maximum atomic E-state index is 12.2. The first-order valence-corrected chi connectivity index (χ1v) is 8.22. The zero-order chi connectivity index (χ0) is 14.2. The third-order valence-corrected chi connectivity index (χ3v) is 5.07. The van der Waals surface area contributed by atoms with Gasteiger partial charge in [0.1, 0.15) is 18.1 Å². The molecule has 0 radical (unpaired) electrons. The highest BCUT2D eigenvalue weighted by Crippen LogP contribution is 2.40. The van der Waals surface area contributed by atoms with Gasteiger partial charge in [0.05, 0.1) is 5.69 Å². The second kappa shape index (κ2) is 5.14. The summed E-state index contributed by atoms with van der Waals surface area (Å²) in [5.41, 5.74) is 0.695. The molecule has 0 spiro atoms. The zero-order valence-corrected chi connectivity index (χ0v) is 12.2. The van der Waals surface area contributed by atoms with E-state index in [-0.39, 0.29) is 4.90 Å². The van der Waals surface area contributed by atoms with Gasteiger partial charge in [-0.15, -0.1) is 0 Å². The quantitative estimate of drug-likeness (QED) is 0.900. The van der Waals surface area contributed by atoms with Crippen LogP contribution in [0.25, 0.3) is 0 Å². The normalized spacial score (nSPS) is 18.4. The molecule has 0 unspecified atom stereocenters. The van der Waals surface area contributed by atoms with E-state index in [0.717, 1.165) is 25.9 Å². The number of ether oxygens (including phenoxy) is 2. The summed E-state index contributed by atoms with van der Waals surface area (Å²) in [7, 11) is -2.11. The van der Waals surface area contributed by atoms with Gasteiger partial charge < -0.3 is 14.4 Å². The van der Waals surface area contributed by atoms with Gasteiger partial charge in [-0.2, -0.15) is 0 Å². The van der Waals surface area contributed by atoms with Crippen LogP contribution in [-0.4, -0.2) is 41.8 Å². The van der Waals surface area contributed by atoms with Crippen LogP contribution >= 0.6 is 0 Å². The second-order valence-corrected chi connectivity index (χ2v) is 6.72. The van der Waals surface area contributed by atoms with Crippen molar-refractivity contribution in [3.05, 3.63) is 12.1 Å². The maximum absolute atomic E-state index is 12.2. The second-order valence-electron chi connectivity index (χ2n) is 4.87. The first kappa shape index (κ1) is 13.5. The van der Waals surface area contributed by atoms with Crippen LogP contribution in [0.3, 0.4) is 0 Å². The Morgan fingerprint density at radius 2 is 1.70 bits per heavy atom. The van der Waals surface area contributed by atoms with E-state index in [0.29, 0.717) is 30.4 Å². The Hall–Kier alpha value is -1.47. The molecular formula is C13H18N2O4S. The van der Waals surface area contributed by atoms with Crippen molar-refractivity contribution < 1.29 is 17.9 Å². The molecule has 2 aliphatic rings. The average molecular weight is 298 g/mol. The van der Waals surface area contributed by atoms with Crippen molar-refractivity contribution in [3.63, 3.8) is 0 Å². The minimum Gasteiger partial charge on any atom is -0.486 e. The lowest BCUT2D eigenvalue weighted by atomic mass is 10.2. The Morgan fingerprint density at radius 1 is 1.10 bits per heavy atom. The van der Waals surface area contributed by atoms with Gasteiger partial charge in [0.25, 0.3) is 0 Å². The molecule has 0 atom stereocenters. The summed E-state index contributed by atoms with van der Waals surface area (Å²) in [6.07, 6.45) is 2.15. The highest BCUT2D eigenvalue weighted by Gasteiger charge is 2.27. The molecule has 0 amide bonds. The Morgan fingerprint density at radius 3 is 2.30 bits per heavy atom. The monoisotopic (exact) mass is 298 g/mol. The van der Waals surface area contributed by atoms with E-state index >= 15 is 0 Å². The molecule has 2 aliphatic heterocycles. The largest absolute Gasteiger partial charge is 0.486 e. The SMILES string of the molecule is CNS(=O)(=O)c1cc2c(cc1N1CCCC1)OCCO2.